The van der Waals surface area contributed by atoms with Crippen LogP contribution in [0, 0.1) is 0 Å². The second-order valence-corrected chi connectivity index (χ2v) is 32.1. The Labute approximate surface area is 655 Å². The number of aromatic nitrogens is 3. The summed E-state index contributed by atoms with van der Waals surface area (Å²) in [5, 5.41) is 7.11. The van der Waals surface area contributed by atoms with E-state index in [1.165, 1.54) is 32.7 Å². The van der Waals surface area contributed by atoms with E-state index < -0.39 is 12.8 Å². The molecule has 2 aliphatic heterocycles. The largest absolute Gasteiger partial charge is 0.336 e. The van der Waals surface area contributed by atoms with Crippen molar-refractivity contribution in [3.05, 3.63) is 381 Å². The van der Waals surface area contributed by atoms with Crippen LogP contribution >= 0.6 is 0 Å². The van der Waals surface area contributed by atoms with Crippen LogP contribution in [0.15, 0.2) is 364 Å². The average Bonchev–Trinajstić information content (AvgIpc) is 0.782. The van der Waals surface area contributed by atoms with E-state index >= 15 is 0 Å². The SMILES string of the molecule is [2H]c1c([2H])c([2H])c(-c2ccc3c(c2)N(c2cc(-c4ccccc4)cc(-c4ccccc4)c2)c2cc(Cn4c5ccccc5c5cc(-n6c7ccccc7c7ccccc76)ccc54)cc4c2B3c2ccc(-n3c5ccc(C(C)(C)C)cc5c5cc(C(C)(C)C)ccc53)cc2N4c2cc(-c3ccccc3)cc(-c3ccccc3)c2)c([2H])c1[2H]. The molecule has 6 heteroatoms. The number of para-hydroxylation sites is 3. The molecule has 3 aromatic heterocycles. The van der Waals surface area contributed by atoms with Gasteiger partial charge in [-0.15, -0.1) is 0 Å². The third kappa shape index (κ3) is 11.0. The van der Waals surface area contributed by atoms with Crippen LogP contribution in [-0.4, -0.2) is 20.4 Å². The molecule has 528 valence electrons. The molecule has 19 aromatic rings. The minimum atomic E-state index is -0.437. The fourth-order valence-electron chi connectivity index (χ4n) is 18.0. The number of nitrogens with zero attached hydrogens (tertiary/aromatic N) is 5. The molecule has 5 heterocycles. The van der Waals surface area contributed by atoms with Crippen LogP contribution in [0.4, 0.5) is 34.1 Å². The average molecular weight is 1430 g/mol. The van der Waals surface area contributed by atoms with E-state index in [1.807, 2.05) is 6.07 Å². The van der Waals surface area contributed by atoms with Gasteiger partial charge < -0.3 is 23.5 Å². The van der Waals surface area contributed by atoms with Gasteiger partial charge in [0.1, 0.15) is 0 Å². The molecule has 0 saturated heterocycles. The first-order chi connectivity index (χ1) is 56.4. The summed E-state index contributed by atoms with van der Waals surface area (Å²) in [6.07, 6.45) is 0. The van der Waals surface area contributed by atoms with Crippen molar-refractivity contribution in [2.75, 3.05) is 9.80 Å². The number of benzene rings is 16. The van der Waals surface area contributed by atoms with Crippen molar-refractivity contribution < 1.29 is 6.85 Å². The molecule has 0 radical (unpaired) electrons. The first-order valence-electron chi connectivity index (χ1n) is 41.1. The van der Waals surface area contributed by atoms with E-state index in [9.17, 15) is 2.74 Å². The lowest BCUT2D eigenvalue weighted by molar-refractivity contribution is 0.590. The number of anilines is 6. The van der Waals surface area contributed by atoms with E-state index in [-0.39, 0.29) is 40.6 Å². The van der Waals surface area contributed by atoms with Crippen molar-refractivity contribution in [2.24, 2.45) is 0 Å². The summed E-state index contributed by atoms with van der Waals surface area (Å²) >= 11 is 0. The fourth-order valence-corrected chi connectivity index (χ4v) is 18.0. The van der Waals surface area contributed by atoms with Gasteiger partial charge in [0.2, 0.25) is 0 Å². The van der Waals surface area contributed by atoms with Crippen molar-refractivity contribution >= 4 is 123 Å². The van der Waals surface area contributed by atoms with Gasteiger partial charge in [-0.2, -0.15) is 0 Å². The van der Waals surface area contributed by atoms with Crippen molar-refractivity contribution in [1.82, 2.24) is 13.7 Å². The molecule has 0 bridgehead atoms. The summed E-state index contributed by atoms with van der Waals surface area (Å²) in [6.45, 7) is 13.8. The highest BCUT2D eigenvalue weighted by Gasteiger charge is 2.45. The minimum Gasteiger partial charge on any atom is -0.336 e. The van der Waals surface area contributed by atoms with E-state index in [1.54, 1.807) is 0 Å². The van der Waals surface area contributed by atoms with E-state index in [2.05, 4.69) is 393 Å². The van der Waals surface area contributed by atoms with Crippen LogP contribution in [-0.2, 0) is 17.4 Å². The second kappa shape index (κ2) is 25.6. The number of rotatable bonds is 11. The molecule has 2 aliphatic rings. The van der Waals surface area contributed by atoms with Crippen molar-refractivity contribution in [3.63, 3.8) is 0 Å². The normalized spacial score (nSPS) is 13.4. The third-order valence-electron chi connectivity index (χ3n) is 23.4. The van der Waals surface area contributed by atoms with Gasteiger partial charge in [-0.25, -0.2) is 0 Å². The Kier molecular flexibility index (Phi) is 14.0. The van der Waals surface area contributed by atoms with Crippen molar-refractivity contribution in [2.45, 2.75) is 58.9 Å². The maximum atomic E-state index is 9.65. The molecule has 111 heavy (non-hydrogen) atoms. The summed E-state index contributed by atoms with van der Waals surface area (Å²) in [5.74, 6) is 0. The molecule has 5 nitrogen and oxygen atoms in total. The Balaban J connectivity index is 0.892. The number of hydrogen-bond acceptors (Lipinski definition) is 2. The quantitative estimate of drug-likeness (QED) is 0.120. The Morgan fingerprint density at radius 2 is 0.649 bits per heavy atom. The molecular weight excluding hydrogens is 1340 g/mol. The van der Waals surface area contributed by atoms with Gasteiger partial charge in [0, 0.05) is 95.4 Å². The van der Waals surface area contributed by atoms with E-state index in [4.69, 9.17) is 4.11 Å². The van der Waals surface area contributed by atoms with Gasteiger partial charge in [-0.1, -0.05) is 278 Å². The lowest BCUT2D eigenvalue weighted by Crippen LogP contribution is -2.61. The molecule has 0 saturated carbocycles. The van der Waals surface area contributed by atoms with Crippen molar-refractivity contribution in [3.8, 4) is 67.0 Å². The summed E-state index contributed by atoms with van der Waals surface area (Å²) in [4.78, 5) is 5.00. The molecule has 21 rings (SSSR count). The third-order valence-corrected chi connectivity index (χ3v) is 23.4. The smallest absolute Gasteiger partial charge is 0.252 e. The minimum absolute atomic E-state index is 0.107. The maximum Gasteiger partial charge on any atom is 0.252 e. The molecule has 0 aliphatic carbocycles. The lowest BCUT2D eigenvalue weighted by atomic mass is 9.33. The van der Waals surface area contributed by atoms with Crippen LogP contribution in [0.3, 0.4) is 0 Å². The van der Waals surface area contributed by atoms with Gasteiger partial charge >= 0.3 is 0 Å². The molecule has 0 N–H and O–H groups in total. The van der Waals surface area contributed by atoms with E-state index in [0.29, 0.717) is 12.1 Å². The molecule has 0 spiro atoms. The van der Waals surface area contributed by atoms with Gasteiger partial charge in [-0.3, -0.25) is 0 Å². The second-order valence-electron chi connectivity index (χ2n) is 32.1. The number of hydrogen-bond donors (Lipinski definition) is 0. The predicted molar refractivity (Wildman–Crippen MR) is 472 cm³/mol. The topological polar surface area (TPSA) is 21.3 Å². The predicted octanol–water partition coefficient (Wildman–Crippen LogP) is 26.0. The molecule has 0 fully saturated rings. The Morgan fingerprint density at radius 1 is 0.270 bits per heavy atom. The summed E-state index contributed by atoms with van der Waals surface area (Å²) in [6, 6.07) is 121. The molecular formula is C105H80BN5. The molecule has 0 amide bonds. The standard InChI is InChI=1S/C105H80BN5/c1-104(2,3)79-45-51-97-88(63-79)89-64-80(105(4,5)6)46-52-98(89)109(97)82-47-50-92-100(66-82)111(84-60-77(72-34-18-10-19-35-72)57-78(61-84)73-36-20-11-21-37-73)102-55-68(67-107-93-41-25-22-40-87(93)90-65-81(48-53-94(90)107)108-95-42-26-23-38-85(95)86-39-24-27-43-96(86)108)54-101-103(102)106(92)91-49-44-74(69-28-12-7-13-29-69)62-99(91)110(101)83-58-75(70-30-14-8-15-31-70)56-76(59-83)71-32-16-9-17-33-71/h7-66H,67H2,1-6H3/i7D,12D,13D,28D,29D. The fraction of sp³-hybridized carbons (Fsp3) is 0.0857. The zero-order chi connectivity index (χ0) is 78.7. The first kappa shape index (κ1) is 60.6. The Bertz CT molecular complexity index is 7010. The van der Waals surface area contributed by atoms with Crippen LogP contribution in [0.5, 0.6) is 0 Å². The maximum absolute atomic E-state index is 9.65. The van der Waals surface area contributed by atoms with Crippen LogP contribution in [0.2, 0.25) is 0 Å². The van der Waals surface area contributed by atoms with Gasteiger partial charge in [0.05, 0.1) is 28.9 Å². The van der Waals surface area contributed by atoms with Gasteiger partial charge in [0.25, 0.3) is 6.71 Å². The monoisotopic (exact) mass is 1430 g/mol. The van der Waals surface area contributed by atoms with E-state index in [0.717, 1.165) is 156 Å². The summed E-state index contributed by atoms with van der Waals surface area (Å²) in [5.41, 5.74) is 30.1. The van der Waals surface area contributed by atoms with Gasteiger partial charge in [0.15, 0.2) is 0 Å². The van der Waals surface area contributed by atoms with Crippen LogP contribution in [0.1, 0.15) is 65.1 Å². The molecule has 16 aromatic carbocycles. The first-order valence-corrected chi connectivity index (χ1v) is 38.6. The highest BCUT2D eigenvalue weighted by Crippen LogP contribution is 2.50. The molecule has 0 atom stereocenters. The number of fused-ring (bicyclic) bond motifs is 13. The Morgan fingerprint density at radius 3 is 1.13 bits per heavy atom. The highest BCUT2D eigenvalue weighted by atomic mass is 15.2. The summed E-state index contributed by atoms with van der Waals surface area (Å²) in [7, 11) is 0. The van der Waals surface area contributed by atoms with Gasteiger partial charge in [-0.05, 0) is 227 Å². The zero-order valence-corrected chi connectivity index (χ0v) is 62.8. The summed E-state index contributed by atoms with van der Waals surface area (Å²) < 4.78 is 53.9. The Hall–Kier alpha value is -13.4. The van der Waals surface area contributed by atoms with Crippen molar-refractivity contribution in [1.29, 1.82) is 0 Å². The lowest BCUT2D eigenvalue weighted by Gasteiger charge is -2.45. The van der Waals surface area contributed by atoms with Crippen LogP contribution < -0.4 is 26.2 Å². The molecule has 0 unspecified atom stereocenters. The van der Waals surface area contributed by atoms with Crippen LogP contribution in [0.25, 0.3) is 132 Å². The highest BCUT2D eigenvalue weighted by molar-refractivity contribution is 7.00. The zero-order valence-electron chi connectivity index (χ0n) is 67.8.